The van der Waals surface area contributed by atoms with Crippen molar-refractivity contribution in [3.8, 4) is 11.5 Å². The predicted octanol–water partition coefficient (Wildman–Crippen LogP) is 7.03. The molecule has 272 valence electrons. The molecule has 3 aromatic carbocycles. The number of amides is 2. The fourth-order valence-corrected chi connectivity index (χ4v) is 5.99. The van der Waals surface area contributed by atoms with Crippen LogP contribution in [0.1, 0.15) is 62.6 Å². The maximum Gasteiger partial charge on any atom is 0.410 e. The van der Waals surface area contributed by atoms with E-state index in [1.54, 1.807) is 31.1 Å². The lowest BCUT2D eigenvalue weighted by Gasteiger charge is -2.39. The lowest BCUT2D eigenvalue weighted by atomic mass is 9.87. The molecule has 2 unspecified atom stereocenters. The topological polar surface area (TPSA) is 96.0 Å². The molecule has 1 fully saturated rings. The molecule has 1 saturated heterocycles. The van der Waals surface area contributed by atoms with Gasteiger partial charge in [-0.25, -0.2) is 4.79 Å². The van der Waals surface area contributed by atoms with E-state index in [-0.39, 0.29) is 24.5 Å². The molecule has 3 aromatic rings. The maximum atomic E-state index is 13.5. The summed E-state index contributed by atoms with van der Waals surface area (Å²) < 4.78 is 34.5. The second-order valence-corrected chi connectivity index (χ2v) is 13.5. The number of likely N-dealkylation sites (tertiary alicyclic amines) is 1. The highest BCUT2D eigenvalue weighted by molar-refractivity contribution is 5.94. The second-order valence-electron chi connectivity index (χ2n) is 13.5. The highest BCUT2D eigenvalue weighted by Gasteiger charge is 2.35. The summed E-state index contributed by atoms with van der Waals surface area (Å²) in [7, 11) is 5.12. The number of nitrogens with zero attached hydrogens (tertiary/aromatic N) is 2. The van der Waals surface area contributed by atoms with E-state index in [0.717, 1.165) is 53.1 Å². The average Bonchev–Trinajstić information content (AvgIpc) is 3.11. The lowest BCUT2D eigenvalue weighted by molar-refractivity contribution is -0.126. The summed E-state index contributed by atoms with van der Waals surface area (Å²) >= 11 is 0. The fraction of sp³-hybridized carbons (Fsp3) is 0.500. The van der Waals surface area contributed by atoms with Gasteiger partial charge >= 0.3 is 6.09 Å². The monoisotopic (exact) mass is 690 g/mol. The summed E-state index contributed by atoms with van der Waals surface area (Å²) in [5, 5.41) is 0. The van der Waals surface area contributed by atoms with Crippen LogP contribution in [0.25, 0.3) is 0 Å². The van der Waals surface area contributed by atoms with Crippen molar-refractivity contribution in [1.82, 2.24) is 4.90 Å². The minimum Gasteiger partial charge on any atom is -0.496 e. The molecule has 0 saturated carbocycles. The smallest absolute Gasteiger partial charge is 0.410 e. The first-order chi connectivity index (χ1) is 24.1. The number of methoxy groups -OCH3 is 2. The molecule has 0 aliphatic carbocycles. The first-order valence-electron chi connectivity index (χ1n) is 17.4. The van der Waals surface area contributed by atoms with Gasteiger partial charge in [0.2, 0.25) is 0 Å². The van der Waals surface area contributed by atoms with Gasteiger partial charge in [0, 0.05) is 50.9 Å². The van der Waals surface area contributed by atoms with E-state index in [4.69, 9.17) is 28.4 Å². The Hall–Kier alpha value is -4.12. The first-order valence-corrected chi connectivity index (χ1v) is 17.4. The van der Waals surface area contributed by atoms with Crippen LogP contribution in [0.3, 0.4) is 0 Å². The number of benzene rings is 3. The summed E-state index contributed by atoms with van der Waals surface area (Å²) in [4.78, 5) is 29.8. The van der Waals surface area contributed by atoms with Gasteiger partial charge in [0.05, 0.1) is 39.6 Å². The molecule has 2 amide bonds. The Morgan fingerprint density at radius 1 is 0.880 bits per heavy atom. The third-order valence-corrected chi connectivity index (χ3v) is 8.61. The van der Waals surface area contributed by atoms with E-state index in [0.29, 0.717) is 45.9 Å². The highest BCUT2D eigenvalue weighted by Crippen LogP contribution is 2.33. The van der Waals surface area contributed by atoms with Gasteiger partial charge in [0.1, 0.15) is 23.7 Å². The van der Waals surface area contributed by atoms with Crippen LogP contribution >= 0.6 is 0 Å². The molecule has 0 spiro atoms. The van der Waals surface area contributed by atoms with Crippen molar-refractivity contribution in [2.75, 3.05) is 65.7 Å². The molecule has 1 aliphatic heterocycles. The zero-order valence-corrected chi connectivity index (χ0v) is 30.5. The number of piperidine rings is 1. The van der Waals surface area contributed by atoms with Crippen LogP contribution in [-0.2, 0) is 36.8 Å². The van der Waals surface area contributed by atoms with Crippen LogP contribution in [0, 0.1) is 0 Å². The van der Waals surface area contributed by atoms with Gasteiger partial charge in [-0.05, 0) is 75.4 Å². The molecule has 10 nitrogen and oxygen atoms in total. The number of likely N-dealkylation sites (N-methyl/N-ethyl adjacent to an activating group) is 1. The number of ether oxygens (including phenoxy) is 6. The molecule has 1 aliphatic rings. The predicted molar refractivity (Wildman–Crippen MR) is 194 cm³/mol. The Balaban J connectivity index is 1.35. The summed E-state index contributed by atoms with van der Waals surface area (Å²) in [6.07, 6.45) is 2.29. The van der Waals surface area contributed by atoms with Gasteiger partial charge in [-0.3, -0.25) is 4.79 Å². The number of rotatable bonds is 17. The Kier molecular flexibility index (Phi) is 14.9. The fourth-order valence-electron chi connectivity index (χ4n) is 5.99. The summed E-state index contributed by atoms with van der Waals surface area (Å²) in [6, 6.07) is 23.7. The van der Waals surface area contributed by atoms with Crippen molar-refractivity contribution in [3.05, 3.63) is 89.5 Å². The highest BCUT2D eigenvalue weighted by atomic mass is 16.6. The Labute approximate surface area is 297 Å². The van der Waals surface area contributed by atoms with E-state index in [9.17, 15) is 9.59 Å². The maximum absolute atomic E-state index is 13.5. The third kappa shape index (κ3) is 11.7. The largest absolute Gasteiger partial charge is 0.496 e. The molecule has 50 heavy (non-hydrogen) atoms. The van der Waals surface area contributed by atoms with Crippen molar-refractivity contribution in [2.24, 2.45) is 0 Å². The number of hydrogen-bond donors (Lipinski definition) is 0. The number of hydrogen-bond acceptors (Lipinski definition) is 8. The first kappa shape index (κ1) is 38.7. The molecule has 4 rings (SSSR count). The molecule has 0 aromatic heterocycles. The van der Waals surface area contributed by atoms with Gasteiger partial charge in [0.25, 0.3) is 5.91 Å². The van der Waals surface area contributed by atoms with Gasteiger partial charge < -0.3 is 38.2 Å². The molecule has 0 N–H and O–H groups in total. The molecule has 10 heteroatoms. The molecular weight excluding hydrogens is 636 g/mol. The summed E-state index contributed by atoms with van der Waals surface area (Å²) in [6.45, 7) is 8.51. The van der Waals surface area contributed by atoms with Crippen LogP contribution in [0.2, 0.25) is 0 Å². The Bertz CT molecular complexity index is 1490. The van der Waals surface area contributed by atoms with Crippen molar-refractivity contribution in [1.29, 1.82) is 0 Å². The van der Waals surface area contributed by atoms with E-state index < -0.39 is 11.7 Å². The van der Waals surface area contributed by atoms with E-state index in [2.05, 4.69) is 0 Å². The summed E-state index contributed by atoms with van der Waals surface area (Å²) in [5.74, 6) is 1.41. The quantitative estimate of drug-likeness (QED) is 0.139. The molecule has 1 heterocycles. The molecule has 0 bridgehead atoms. The van der Waals surface area contributed by atoms with Gasteiger partial charge in [0.15, 0.2) is 0 Å². The van der Waals surface area contributed by atoms with Gasteiger partial charge in [-0.2, -0.15) is 0 Å². The zero-order chi connectivity index (χ0) is 35.9. The van der Waals surface area contributed by atoms with Gasteiger partial charge in [-0.15, -0.1) is 0 Å². The van der Waals surface area contributed by atoms with Gasteiger partial charge in [-0.1, -0.05) is 48.5 Å². The average molecular weight is 691 g/mol. The van der Waals surface area contributed by atoms with Crippen LogP contribution in [0.5, 0.6) is 11.5 Å². The zero-order valence-electron chi connectivity index (χ0n) is 30.5. The molecular formula is C40H54N2O8. The number of carbonyl (C=O) groups excluding carboxylic acids is 2. The van der Waals surface area contributed by atoms with Crippen LogP contribution in [0.15, 0.2) is 72.8 Å². The SMILES string of the molecule is COCCCc1ccccc1N(C)C(=O)COC1CN(C(=O)OC(C)(C)C)CCC1c1ccc(OCCCOCc2ccccc2OC)cc1. The third-order valence-electron chi connectivity index (χ3n) is 8.61. The van der Waals surface area contributed by atoms with Crippen molar-refractivity contribution in [3.63, 3.8) is 0 Å². The lowest BCUT2D eigenvalue weighted by Crippen LogP contribution is -2.49. The molecule has 2 atom stereocenters. The normalized spacial score (nSPS) is 16.2. The van der Waals surface area contributed by atoms with E-state index in [1.165, 1.54) is 0 Å². The van der Waals surface area contributed by atoms with Crippen molar-refractivity contribution >= 4 is 17.7 Å². The van der Waals surface area contributed by atoms with Crippen LogP contribution in [-0.4, -0.2) is 89.4 Å². The summed E-state index contributed by atoms with van der Waals surface area (Å²) in [5.41, 5.74) is 3.40. The minimum atomic E-state index is -0.614. The van der Waals surface area contributed by atoms with Crippen molar-refractivity contribution < 1.29 is 38.0 Å². The van der Waals surface area contributed by atoms with E-state index in [1.807, 2.05) is 93.6 Å². The Morgan fingerprint density at radius 3 is 2.32 bits per heavy atom. The standard InChI is InChI=1S/C40H54N2O8/c1-40(2,3)50-39(44)42-23-22-34(37(27-42)49-29-38(43)41(4)35-16-9-7-13-31(35)15-11-24-45-5)30-18-20-33(21-19-30)48-26-12-25-47-28-32-14-8-10-17-36(32)46-6/h7-10,13-14,16-21,34,37H,11-12,15,22-29H2,1-6H3. The van der Waals surface area contributed by atoms with E-state index >= 15 is 0 Å². The number of carbonyl (C=O) groups is 2. The van der Waals surface area contributed by atoms with Crippen LogP contribution in [0.4, 0.5) is 10.5 Å². The van der Waals surface area contributed by atoms with Crippen molar-refractivity contribution in [2.45, 2.75) is 70.7 Å². The number of para-hydroxylation sites is 2. The number of anilines is 1. The molecule has 0 radical (unpaired) electrons. The van der Waals surface area contributed by atoms with Crippen LogP contribution < -0.4 is 14.4 Å². The Morgan fingerprint density at radius 2 is 1.60 bits per heavy atom. The minimum absolute atomic E-state index is 0.0226. The second kappa shape index (κ2) is 19.3. The number of aryl methyl sites for hydroxylation is 1.